The predicted octanol–water partition coefficient (Wildman–Crippen LogP) is 0.929. The van der Waals surface area contributed by atoms with E-state index >= 15 is 0 Å². The van der Waals surface area contributed by atoms with E-state index in [2.05, 4.69) is 4.98 Å². The Kier molecular flexibility index (Phi) is 4.59. The lowest BCUT2D eigenvalue weighted by molar-refractivity contribution is 0.0257. The van der Waals surface area contributed by atoms with E-state index in [0.717, 1.165) is 0 Å². The zero-order chi connectivity index (χ0) is 15.5. The van der Waals surface area contributed by atoms with Crippen molar-refractivity contribution in [3.63, 3.8) is 0 Å². The summed E-state index contributed by atoms with van der Waals surface area (Å²) in [6.07, 6.45) is 2.33. The van der Waals surface area contributed by atoms with Crippen LogP contribution in [0.1, 0.15) is 19.8 Å². The zero-order valence-electron chi connectivity index (χ0n) is 12.2. The topological polar surface area (TPSA) is 84.6 Å². The van der Waals surface area contributed by atoms with Gasteiger partial charge in [0.15, 0.2) is 0 Å². The van der Waals surface area contributed by atoms with Crippen LogP contribution in [0.15, 0.2) is 29.3 Å². The van der Waals surface area contributed by atoms with E-state index in [1.54, 1.807) is 25.1 Å². The first-order valence-corrected chi connectivity index (χ1v) is 6.83. The Balaban J connectivity index is 2.37. The van der Waals surface area contributed by atoms with Gasteiger partial charge in [0.1, 0.15) is 5.75 Å². The second kappa shape index (κ2) is 6.24. The molecule has 0 bridgehead atoms. The summed E-state index contributed by atoms with van der Waals surface area (Å²) < 4.78 is 6.51. The summed E-state index contributed by atoms with van der Waals surface area (Å²) >= 11 is 0. The van der Waals surface area contributed by atoms with Crippen molar-refractivity contribution in [2.75, 3.05) is 13.7 Å². The number of methoxy groups -OCH3 is 1. The van der Waals surface area contributed by atoms with Gasteiger partial charge in [-0.15, -0.1) is 0 Å². The van der Waals surface area contributed by atoms with E-state index in [9.17, 15) is 9.90 Å². The molecule has 0 aliphatic rings. The van der Waals surface area contributed by atoms with Crippen molar-refractivity contribution in [3.05, 3.63) is 34.9 Å². The third-order valence-corrected chi connectivity index (χ3v) is 3.42. The lowest BCUT2D eigenvalue weighted by atomic mass is 10.0. The van der Waals surface area contributed by atoms with Crippen LogP contribution in [0, 0.1) is 0 Å². The van der Waals surface area contributed by atoms with Gasteiger partial charge >= 0.3 is 0 Å². The molecule has 0 radical (unpaired) electrons. The van der Waals surface area contributed by atoms with Crippen LogP contribution in [0.3, 0.4) is 0 Å². The number of benzene rings is 1. The zero-order valence-corrected chi connectivity index (χ0v) is 12.2. The molecule has 2 N–H and O–H groups in total. The Hall–Kier alpha value is -1.92. The number of hydrogen-bond donors (Lipinski definition) is 2. The molecule has 1 atom stereocenters. The molecule has 0 amide bonds. The van der Waals surface area contributed by atoms with Crippen LogP contribution in [0.25, 0.3) is 10.9 Å². The molecule has 114 valence electrons. The number of aliphatic hydroxyl groups is 2. The summed E-state index contributed by atoms with van der Waals surface area (Å²) in [6, 6.07) is 5.12. The van der Waals surface area contributed by atoms with E-state index in [4.69, 9.17) is 9.84 Å². The highest BCUT2D eigenvalue weighted by atomic mass is 16.5. The number of hydrogen-bond acceptors (Lipinski definition) is 5. The summed E-state index contributed by atoms with van der Waals surface area (Å²) in [4.78, 5) is 16.7. The Labute approximate surface area is 122 Å². The summed E-state index contributed by atoms with van der Waals surface area (Å²) in [6.45, 7) is 1.79. The van der Waals surface area contributed by atoms with Gasteiger partial charge in [-0.05, 0) is 38.0 Å². The van der Waals surface area contributed by atoms with Gasteiger partial charge in [0.2, 0.25) is 0 Å². The van der Waals surface area contributed by atoms with Crippen LogP contribution in [0.4, 0.5) is 0 Å². The molecule has 2 aromatic rings. The second-order valence-corrected chi connectivity index (χ2v) is 5.38. The minimum atomic E-state index is -1.07. The lowest BCUT2D eigenvalue weighted by Gasteiger charge is -2.23. The molecule has 6 nitrogen and oxygen atoms in total. The number of aromatic nitrogens is 2. The standard InChI is InChI=1S/C15H20N2O4/c1-15(20,6-3-7-18)9-17-10-16-13-5-4-11(21-2)8-12(13)14(17)19/h4-5,8,10,18,20H,3,6-7,9H2,1-2H3. The molecule has 0 saturated heterocycles. The van der Waals surface area contributed by atoms with Crippen molar-refractivity contribution in [2.45, 2.75) is 31.9 Å². The van der Waals surface area contributed by atoms with E-state index < -0.39 is 5.60 Å². The number of rotatable bonds is 6. The highest BCUT2D eigenvalue weighted by molar-refractivity contribution is 5.78. The maximum atomic E-state index is 12.5. The molecule has 1 unspecified atom stereocenters. The van der Waals surface area contributed by atoms with Crippen LogP contribution in [0.2, 0.25) is 0 Å². The highest BCUT2D eigenvalue weighted by Gasteiger charge is 2.21. The van der Waals surface area contributed by atoms with Gasteiger partial charge in [0.25, 0.3) is 5.56 Å². The fraction of sp³-hybridized carbons (Fsp3) is 0.467. The smallest absolute Gasteiger partial charge is 0.261 e. The largest absolute Gasteiger partial charge is 0.497 e. The van der Waals surface area contributed by atoms with Gasteiger partial charge in [-0.2, -0.15) is 0 Å². The fourth-order valence-corrected chi connectivity index (χ4v) is 2.28. The summed E-state index contributed by atoms with van der Waals surface area (Å²) in [5.41, 5.74) is -0.698. The third kappa shape index (κ3) is 3.59. The van der Waals surface area contributed by atoms with Crippen molar-refractivity contribution >= 4 is 10.9 Å². The number of aliphatic hydroxyl groups excluding tert-OH is 1. The van der Waals surface area contributed by atoms with Crippen molar-refractivity contribution in [3.8, 4) is 5.75 Å². The van der Waals surface area contributed by atoms with Crippen LogP contribution in [0.5, 0.6) is 5.75 Å². The van der Waals surface area contributed by atoms with Gasteiger partial charge in [0.05, 0.1) is 36.5 Å². The fourth-order valence-electron chi connectivity index (χ4n) is 2.28. The first-order valence-electron chi connectivity index (χ1n) is 6.83. The van der Waals surface area contributed by atoms with Gasteiger partial charge in [-0.1, -0.05) is 0 Å². The molecule has 0 fully saturated rings. The molecular weight excluding hydrogens is 272 g/mol. The SMILES string of the molecule is COc1ccc2ncn(CC(C)(O)CCCO)c(=O)c2c1. The van der Waals surface area contributed by atoms with Crippen LogP contribution >= 0.6 is 0 Å². The van der Waals surface area contributed by atoms with Crippen LogP contribution in [-0.2, 0) is 6.54 Å². The molecule has 1 aromatic carbocycles. The molecule has 1 heterocycles. The summed E-state index contributed by atoms with van der Waals surface area (Å²) in [7, 11) is 1.54. The molecule has 1 aromatic heterocycles. The van der Waals surface area contributed by atoms with E-state index in [1.807, 2.05) is 0 Å². The summed E-state index contributed by atoms with van der Waals surface area (Å²) in [5.74, 6) is 0.589. The molecular formula is C15H20N2O4. The van der Waals surface area contributed by atoms with E-state index in [0.29, 0.717) is 29.5 Å². The molecule has 0 spiro atoms. The minimum Gasteiger partial charge on any atom is -0.497 e. The number of ether oxygens (including phenoxy) is 1. The minimum absolute atomic E-state index is 0.0121. The Morgan fingerprint density at radius 2 is 2.19 bits per heavy atom. The third-order valence-electron chi connectivity index (χ3n) is 3.42. The average Bonchev–Trinajstić information content (AvgIpc) is 2.48. The van der Waals surface area contributed by atoms with Crippen LogP contribution < -0.4 is 10.3 Å². The van der Waals surface area contributed by atoms with E-state index in [1.165, 1.54) is 18.0 Å². The summed E-state index contributed by atoms with van der Waals surface area (Å²) in [5, 5.41) is 19.6. The second-order valence-electron chi connectivity index (χ2n) is 5.38. The maximum Gasteiger partial charge on any atom is 0.261 e. The molecule has 0 aliphatic carbocycles. The Morgan fingerprint density at radius 1 is 1.43 bits per heavy atom. The maximum absolute atomic E-state index is 12.5. The van der Waals surface area contributed by atoms with Crippen molar-refractivity contribution < 1.29 is 14.9 Å². The van der Waals surface area contributed by atoms with Gasteiger partial charge in [-0.3, -0.25) is 9.36 Å². The monoisotopic (exact) mass is 292 g/mol. The Morgan fingerprint density at radius 3 is 2.86 bits per heavy atom. The molecule has 0 saturated carbocycles. The van der Waals surface area contributed by atoms with Crippen LogP contribution in [-0.4, -0.2) is 39.1 Å². The lowest BCUT2D eigenvalue weighted by Crippen LogP contribution is -2.35. The first kappa shape index (κ1) is 15.5. The number of nitrogens with zero attached hydrogens (tertiary/aromatic N) is 2. The molecule has 2 rings (SSSR count). The molecule has 0 aliphatic heterocycles. The number of fused-ring (bicyclic) bond motifs is 1. The van der Waals surface area contributed by atoms with Crippen molar-refractivity contribution in [1.82, 2.24) is 9.55 Å². The average molecular weight is 292 g/mol. The highest BCUT2D eigenvalue weighted by Crippen LogP contribution is 2.17. The molecule has 21 heavy (non-hydrogen) atoms. The Bertz CT molecular complexity index is 679. The van der Waals surface area contributed by atoms with Gasteiger partial charge in [-0.25, -0.2) is 4.98 Å². The van der Waals surface area contributed by atoms with Gasteiger partial charge in [0, 0.05) is 6.61 Å². The van der Waals surface area contributed by atoms with E-state index in [-0.39, 0.29) is 18.7 Å². The van der Waals surface area contributed by atoms with Crippen molar-refractivity contribution in [1.29, 1.82) is 0 Å². The molecule has 6 heteroatoms. The van der Waals surface area contributed by atoms with Gasteiger partial charge < -0.3 is 14.9 Å². The predicted molar refractivity (Wildman–Crippen MR) is 79.5 cm³/mol. The van der Waals surface area contributed by atoms with Crippen molar-refractivity contribution in [2.24, 2.45) is 0 Å². The first-order chi connectivity index (χ1) is 9.96. The normalized spacial score (nSPS) is 14.1. The quantitative estimate of drug-likeness (QED) is 0.827.